The number of nitriles is 1. The van der Waals surface area contributed by atoms with Crippen LogP contribution in [0.5, 0.6) is 0 Å². The summed E-state index contributed by atoms with van der Waals surface area (Å²) < 4.78 is 5.28. The zero-order valence-corrected chi connectivity index (χ0v) is 9.82. The van der Waals surface area contributed by atoms with Crippen LogP contribution < -0.4 is 5.73 Å². The molecular formula is C11H7N5O4. The lowest BCUT2D eigenvalue weighted by molar-refractivity contribution is -0.114. The second-order valence-corrected chi connectivity index (χ2v) is 3.55. The number of carbonyl (C=O) groups is 2. The number of aromatic nitrogens is 3. The van der Waals surface area contributed by atoms with Gasteiger partial charge in [0, 0.05) is 6.08 Å². The van der Waals surface area contributed by atoms with E-state index in [4.69, 9.17) is 20.5 Å². The first-order valence-corrected chi connectivity index (χ1v) is 5.18. The Kier molecular flexibility index (Phi) is 3.30. The molecule has 2 rings (SSSR count). The fourth-order valence-corrected chi connectivity index (χ4v) is 1.33. The molecule has 0 saturated heterocycles. The number of furan rings is 1. The van der Waals surface area contributed by atoms with Gasteiger partial charge in [0.1, 0.15) is 17.4 Å². The van der Waals surface area contributed by atoms with Crippen LogP contribution in [-0.4, -0.2) is 32.2 Å². The van der Waals surface area contributed by atoms with Crippen molar-refractivity contribution < 1.29 is 19.1 Å². The molecule has 0 bridgehead atoms. The molecular weight excluding hydrogens is 266 g/mol. The van der Waals surface area contributed by atoms with Crippen molar-refractivity contribution in [1.82, 2.24) is 15.2 Å². The van der Waals surface area contributed by atoms with Crippen molar-refractivity contribution in [2.45, 2.75) is 0 Å². The number of nitrogens with zero attached hydrogens (tertiary/aromatic N) is 3. The van der Waals surface area contributed by atoms with Crippen LogP contribution in [0.4, 0.5) is 0 Å². The normalized spacial score (nSPS) is 11.1. The van der Waals surface area contributed by atoms with Gasteiger partial charge < -0.3 is 15.3 Å². The summed E-state index contributed by atoms with van der Waals surface area (Å²) in [6, 6.07) is 4.58. The summed E-state index contributed by atoms with van der Waals surface area (Å²) in [5, 5.41) is 23.2. The minimum absolute atomic E-state index is 0.111. The van der Waals surface area contributed by atoms with Gasteiger partial charge in [-0.3, -0.25) is 9.89 Å². The highest BCUT2D eigenvalue weighted by Gasteiger charge is 2.14. The van der Waals surface area contributed by atoms with Gasteiger partial charge in [0.2, 0.25) is 0 Å². The first kappa shape index (κ1) is 13.0. The largest absolute Gasteiger partial charge is 0.475 e. The molecule has 20 heavy (non-hydrogen) atoms. The minimum Gasteiger partial charge on any atom is -0.475 e. The second-order valence-electron chi connectivity index (χ2n) is 3.55. The zero-order chi connectivity index (χ0) is 14.7. The molecule has 9 heteroatoms. The Morgan fingerprint density at radius 2 is 2.25 bits per heavy atom. The highest BCUT2D eigenvalue weighted by Crippen LogP contribution is 2.20. The highest BCUT2D eigenvalue weighted by molar-refractivity contribution is 6.00. The number of primary amides is 1. The summed E-state index contributed by atoms with van der Waals surface area (Å²) in [5.41, 5.74) is 4.72. The molecule has 9 nitrogen and oxygen atoms in total. The first-order chi connectivity index (χ1) is 9.51. The molecule has 0 atom stereocenters. The van der Waals surface area contributed by atoms with Crippen LogP contribution in [0, 0.1) is 11.3 Å². The number of aromatic carboxylic acids is 1. The number of H-pyrrole nitrogens is 1. The fourth-order valence-electron chi connectivity index (χ4n) is 1.33. The maximum absolute atomic E-state index is 10.9. The molecule has 2 aromatic rings. The Labute approximate surface area is 111 Å². The maximum Gasteiger partial charge on any atom is 0.375 e. The number of nitrogens with one attached hydrogen (secondary N) is 1. The molecule has 0 aliphatic carbocycles. The van der Waals surface area contributed by atoms with Gasteiger partial charge >= 0.3 is 5.97 Å². The third kappa shape index (κ3) is 2.54. The monoisotopic (exact) mass is 273 g/mol. The lowest BCUT2D eigenvalue weighted by atomic mass is 10.2. The van der Waals surface area contributed by atoms with Crippen LogP contribution in [-0.2, 0) is 4.79 Å². The summed E-state index contributed by atoms with van der Waals surface area (Å²) in [7, 11) is 0. The Morgan fingerprint density at radius 1 is 1.50 bits per heavy atom. The van der Waals surface area contributed by atoms with Gasteiger partial charge in [0.15, 0.2) is 11.6 Å². The number of nitrogens with two attached hydrogens (primary N) is 1. The third-order valence-corrected chi connectivity index (χ3v) is 2.21. The highest BCUT2D eigenvalue weighted by atomic mass is 16.4. The van der Waals surface area contributed by atoms with E-state index in [0.717, 1.165) is 0 Å². The molecule has 0 aromatic carbocycles. The van der Waals surface area contributed by atoms with Crippen LogP contribution in [0.25, 0.3) is 17.7 Å². The van der Waals surface area contributed by atoms with Crippen LogP contribution in [0.3, 0.4) is 0 Å². The van der Waals surface area contributed by atoms with Crippen molar-refractivity contribution in [3.63, 3.8) is 0 Å². The molecule has 4 N–H and O–H groups in total. The fraction of sp³-hybridized carbons (Fsp3) is 0. The molecule has 2 aromatic heterocycles. The Hall–Kier alpha value is -3.41. The van der Waals surface area contributed by atoms with Crippen LogP contribution in [0.2, 0.25) is 0 Å². The Morgan fingerprint density at radius 3 is 2.80 bits per heavy atom. The number of aromatic amines is 1. The first-order valence-electron chi connectivity index (χ1n) is 5.18. The van der Waals surface area contributed by atoms with E-state index in [9.17, 15) is 9.59 Å². The smallest absolute Gasteiger partial charge is 0.375 e. The lowest BCUT2D eigenvalue weighted by Crippen LogP contribution is -2.12. The van der Waals surface area contributed by atoms with Crippen molar-refractivity contribution in [1.29, 1.82) is 5.26 Å². The zero-order valence-electron chi connectivity index (χ0n) is 9.82. The SMILES string of the molecule is N#C/C(=C/c1ccc(-c2nc(C(=O)O)n[nH]2)o1)C(N)=O. The van der Waals surface area contributed by atoms with Crippen molar-refractivity contribution in [2.24, 2.45) is 5.73 Å². The van der Waals surface area contributed by atoms with Crippen molar-refractivity contribution in [3.8, 4) is 17.7 Å². The van der Waals surface area contributed by atoms with Gasteiger partial charge in [-0.15, -0.1) is 5.10 Å². The third-order valence-electron chi connectivity index (χ3n) is 2.21. The average Bonchev–Trinajstić information content (AvgIpc) is 3.04. The molecule has 0 aliphatic heterocycles. The summed E-state index contributed by atoms with van der Waals surface area (Å²) >= 11 is 0. The molecule has 0 unspecified atom stereocenters. The minimum atomic E-state index is -1.28. The predicted octanol–water partition coefficient (Wildman–Crippen LogP) is 0.155. The van der Waals surface area contributed by atoms with Gasteiger partial charge in [0.25, 0.3) is 11.7 Å². The van der Waals surface area contributed by atoms with E-state index in [0.29, 0.717) is 0 Å². The summed E-state index contributed by atoms with van der Waals surface area (Å²) in [4.78, 5) is 25.2. The van der Waals surface area contributed by atoms with Crippen molar-refractivity contribution in [2.75, 3.05) is 0 Å². The topological polar surface area (TPSA) is 159 Å². The molecule has 100 valence electrons. The van der Waals surface area contributed by atoms with Crippen LogP contribution in [0.1, 0.15) is 16.4 Å². The molecule has 0 radical (unpaired) electrons. The quantitative estimate of drug-likeness (QED) is 0.528. The van der Waals surface area contributed by atoms with E-state index in [2.05, 4.69) is 15.2 Å². The number of carbonyl (C=O) groups excluding carboxylic acids is 1. The number of carboxylic acids is 1. The predicted molar refractivity (Wildman–Crippen MR) is 63.8 cm³/mol. The Bertz CT molecular complexity index is 749. The van der Waals surface area contributed by atoms with Crippen LogP contribution >= 0.6 is 0 Å². The van der Waals surface area contributed by atoms with E-state index in [1.807, 2.05) is 0 Å². The van der Waals surface area contributed by atoms with E-state index in [-0.39, 0.29) is 22.9 Å². The van der Waals surface area contributed by atoms with E-state index in [1.54, 1.807) is 6.07 Å². The summed E-state index contributed by atoms with van der Waals surface area (Å²) in [6.07, 6.45) is 1.17. The van der Waals surface area contributed by atoms with E-state index in [1.165, 1.54) is 18.2 Å². The molecule has 0 aliphatic rings. The molecule has 0 spiro atoms. The second kappa shape index (κ2) is 5.07. The summed E-state index contributed by atoms with van der Waals surface area (Å²) in [6.45, 7) is 0. The van der Waals surface area contributed by atoms with Crippen molar-refractivity contribution in [3.05, 3.63) is 29.3 Å². The number of rotatable bonds is 4. The standard InChI is InChI=1S/C11H7N5O4/c12-4-5(8(13)17)3-6-1-2-7(20-6)9-14-10(11(18)19)16-15-9/h1-3H,(H2,13,17)(H,18,19)(H,14,15,16)/b5-3-. The number of hydrogen-bond donors (Lipinski definition) is 3. The molecule has 0 fully saturated rings. The Balaban J connectivity index is 2.31. The van der Waals surface area contributed by atoms with E-state index >= 15 is 0 Å². The lowest BCUT2D eigenvalue weighted by Gasteiger charge is -1.90. The van der Waals surface area contributed by atoms with E-state index < -0.39 is 17.7 Å². The summed E-state index contributed by atoms with van der Waals surface area (Å²) in [5.74, 6) is -2.04. The molecule has 0 saturated carbocycles. The van der Waals surface area contributed by atoms with Crippen molar-refractivity contribution >= 4 is 18.0 Å². The van der Waals surface area contributed by atoms with Gasteiger partial charge in [0.05, 0.1) is 0 Å². The number of amides is 1. The van der Waals surface area contributed by atoms with Gasteiger partial charge in [-0.05, 0) is 12.1 Å². The van der Waals surface area contributed by atoms with Crippen LogP contribution in [0.15, 0.2) is 22.1 Å². The maximum atomic E-state index is 10.9. The van der Waals surface area contributed by atoms with Gasteiger partial charge in [-0.2, -0.15) is 10.2 Å². The van der Waals surface area contributed by atoms with Gasteiger partial charge in [-0.25, -0.2) is 4.79 Å². The average molecular weight is 273 g/mol. The number of hydrogen-bond acceptors (Lipinski definition) is 6. The number of carboxylic acid groups (broad SMARTS) is 1. The molecule has 1 amide bonds. The van der Waals surface area contributed by atoms with Gasteiger partial charge in [-0.1, -0.05) is 0 Å². The molecule has 2 heterocycles.